The largest absolute Gasteiger partial charge is 0.480 e. The number of hydrogen-bond donors (Lipinski definition) is 3. The predicted molar refractivity (Wildman–Crippen MR) is 208 cm³/mol. The van der Waals surface area contributed by atoms with E-state index in [1.807, 2.05) is 0 Å². The van der Waals surface area contributed by atoms with Gasteiger partial charge in [0.05, 0.1) is 13.2 Å². The average Bonchev–Trinajstić information content (AvgIpc) is 3.12. The second-order valence-electron chi connectivity index (χ2n) is 14.5. The fourth-order valence-electron chi connectivity index (χ4n) is 6.01. The highest BCUT2D eigenvalue weighted by Crippen LogP contribution is 2.43. The maximum Gasteiger partial charge on any atom is 0.472 e. The summed E-state index contributed by atoms with van der Waals surface area (Å²) in [6.45, 7) is 2.81. The zero-order valence-corrected chi connectivity index (χ0v) is 34.1. The van der Waals surface area contributed by atoms with Crippen molar-refractivity contribution in [2.45, 2.75) is 219 Å². The van der Waals surface area contributed by atoms with E-state index < -0.39 is 51.1 Å². The average molecular weight is 764 g/mol. The predicted octanol–water partition coefficient (Wildman–Crippen LogP) is 10.7. The number of esters is 2. The van der Waals surface area contributed by atoms with Crippen molar-refractivity contribution in [1.82, 2.24) is 0 Å². The lowest BCUT2D eigenvalue weighted by Gasteiger charge is -2.20. The number of unbranched alkanes of at least 4 members (excludes halogenated alkanes) is 26. The molecule has 12 heteroatoms. The SMILES string of the molecule is CCCCCCCCCCCCCCCCCCCC(=O)OC[C@H](COP(=O)(O)OC[C@H](N)C(=O)O)OC(=O)CCCCCCCCCCCCC. The molecule has 0 rings (SSSR count). The number of carboxylic acids is 1. The molecule has 0 aliphatic rings. The number of carbonyl (C=O) groups is 3. The molecule has 0 amide bonds. The summed E-state index contributed by atoms with van der Waals surface area (Å²) in [6, 6.07) is -1.51. The van der Waals surface area contributed by atoms with Gasteiger partial charge in [-0.1, -0.05) is 181 Å². The minimum atomic E-state index is -4.70. The van der Waals surface area contributed by atoms with E-state index in [2.05, 4.69) is 18.4 Å². The molecule has 52 heavy (non-hydrogen) atoms. The molecule has 308 valence electrons. The normalized spacial score (nSPS) is 13.8. The topological polar surface area (TPSA) is 172 Å². The van der Waals surface area contributed by atoms with Crippen LogP contribution in [0.25, 0.3) is 0 Å². The number of hydrogen-bond acceptors (Lipinski definition) is 9. The smallest absolute Gasteiger partial charge is 0.472 e. The fraction of sp³-hybridized carbons (Fsp3) is 0.925. The molecule has 1 unspecified atom stereocenters. The van der Waals surface area contributed by atoms with Crippen molar-refractivity contribution in [3.63, 3.8) is 0 Å². The summed E-state index contributed by atoms with van der Waals surface area (Å²) in [7, 11) is -4.70. The molecule has 0 bridgehead atoms. The zero-order valence-electron chi connectivity index (χ0n) is 33.2. The Hall–Kier alpha value is -1.52. The van der Waals surface area contributed by atoms with Crippen LogP contribution in [-0.4, -0.2) is 59.9 Å². The van der Waals surface area contributed by atoms with Crippen LogP contribution in [0.15, 0.2) is 0 Å². The van der Waals surface area contributed by atoms with E-state index in [9.17, 15) is 23.8 Å². The quantitative estimate of drug-likeness (QED) is 0.0308. The molecule has 0 aromatic rings. The first-order valence-electron chi connectivity index (χ1n) is 21.1. The molecule has 0 radical (unpaired) electrons. The Morgan fingerprint density at radius 3 is 1.21 bits per heavy atom. The van der Waals surface area contributed by atoms with Crippen LogP contribution in [0.5, 0.6) is 0 Å². The minimum Gasteiger partial charge on any atom is -0.480 e. The van der Waals surface area contributed by atoms with Gasteiger partial charge in [0.2, 0.25) is 0 Å². The van der Waals surface area contributed by atoms with Crippen molar-refractivity contribution in [3.8, 4) is 0 Å². The van der Waals surface area contributed by atoms with Crippen LogP contribution in [0.3, 0.4) is 0 Å². The number of phosphoric ester groups is 1. The van der Waals surface area contributed by atoms with E-state index in [4.69, 9.17) is 24.8 Å². The maximum atomic E-state index is 12.6. The van der Waals surface area contributed by atoms with E-state index in [1.165, 1.54) is 128 Å². The van der Waals surface area contributed by atoms with Gasteiger partial charge in [0.25, 0.3) is 0 Å². The summed E-state index contributed by atoms with van der Waals surface area (Å²) >= 11 is 0. The van der Waals surface area contributed by atoms with Gasteiger partial charge in [-0.25, -0.2) is 4.57 Å². The maximum absolute atomic E-state index is 12.6. The van der Waals surface area contributed by atoms with Crippen molar-refractivity contribution in [3.05, 3.63) is 0 Å². The van der Waals surface area contributed by atoms with E-state index in [0.29, 0.717) is 12.8 Å². The summed E-state index contributed by atoms with van der Waals surface area (Å²) in [5.74, 6) is -2.36. The van der Waals surface area contributed by atoms with Gasteiger partial charge in [-0.3, -0.25) is 23.4 Å². The monoisotopic (exact) mass is 764 g/mol. The molecule has 0 fully saturated rings. The molecule has 0 aromatic carbocycles. The van der Waals surface area contributed by atoms with Gasteiger partial charge in [0.15, 0.2) is 6.10 Å². The Morgan fingerprint density at radius 1 is 0.519 bits per heavy atom. The molecule has 11 nitrogen and oxygen atoms in total. The van der Waals surface area contributed by atoms with Crippen molar-refractivity contribution in [2.24, 2.45) is 5.73 Å². The fourth-order valence-corrected chi connectivity index (χ4v) is 6.79. The van der Waals surface area contributed by atoms with Crippen molar-refractivity contribution < 1.29 is 47.5 Å². The van der Waals surface area contributed by atoms with E-state index >= 15 is 0 Å². The van der Waals surface area contributed by atoms with E-state index in [1.54, 1.807) is 0 Å². The molecule has 0 heterocycles. The number of carboxylic acid groups (broad SMARTS) is 1. The lowest BCUT2D eigenvalue weighted by Crippen LogP contribution is -2.34. The first-order valence-corrected chi connectivity index (χ1v) is 22.6. The summed E-state index contributed by atoms with van der Waals surface area (Å²) in [5.41, 5.74) is 5.32. The van der Waals surface area contributed by atoms with Gasteiger partial charge in [0, 0.05) is 12.8 Å². The van der Waals surface area contributed by atoms with Gasteiger partial charge in [-0.05, 0) is 12.8 Å². The Morgan fingerprint density at radius 2 is 0.846 bits per heavy atom. The summed E-state index contributed by atoms with van der Waals surface area (Å²) < 4.78 is 32.6. The summed E-state index contributed by atoms with van der Waals surface area (Å²) in [5, 5.41) is 8.87. The lowest BCUT2D eigenvalue weighted by molar-refractivity contribution is -0.161. The van der Waals surface area contributed by atoms with Crippen LogP contribution in [0, 0.1) is 0 Å². The molecule has 4 N–H and O–H groups in total. The molecule has 0 saturated heterocycles. The molecule has 0 aliphatic carbocycles. The van der Waals surface area contributed by atoms with E-state index in [-0.39, 0.29) is 19.4 Å². The molecule has 0 aliphatic heterocycles. The highest BCUT2D eigenvalue weighted by molar-refractivity contribution is 7.47. The van der Waals surface area contributed by atoms with Gasteiger partial charge in [-0.2, -0.15) is 0 Å². The minimum absolute atomic E-state index is 0.168. The lowest BCUT2D eigenvalue weighted by atomic mass is 10.0. The Balaban J connectivity index is 4.29. The summed E-state index contributed by atoms with van der Waals surface area (Å²) in [6.07, 6.45) is 33.1. The number of aliphatic carboxylic acids is 1. The van der Waals surface area contributed by atoms with Gasteiger partial charge in [-0.15, -0.1) is 0 Å². The van der Waals surface area contributed by atoms with Crippen LogP contribution >= 0.6 is 7.82 Å². The van der Waals surface area contributed by atoms with Crippen molar-refractivity contribution in [1.29, 1.82) is 0 Å². The molecule has 0 aromatic heterocycles. The Labute approximate surface area is 316 Å². The first-order chi connectivity index (χ1) is 25.1. The van der Waals surface area contributed by atoms with Gasteiger partial charge < -0.3 is 25.2 Å². The Kier molecular flexibility index (Phi) is 35.4. The highest BCUT2D eigenvalue weighted by atomic mass is 31.2. The van der Waals surface area contributed by atoms with Crippen LogP contribution in [0.2, 0.25) is 0 Å². The number of rotatable bonds is 40. The first kappa shape index (κ1) is 50.5. The zero-order chi connectivity index (χ0) is 38.5. The summed E-state index contributed by atoms with van der Waals surface area (Å²) in [4.78, 5) is 45.8. The van der Waals surface area contributed by atoms with Crippen molar-refractivity contribution in [2.75, 3.05) is 19.8 Å². The number of carbonyl (C=O) groups excluding carboxylic acids is 2. The van der Waals surface area contributed by atoms with Crippen LogP contribution in [0.4, 0.5) is 0 Å². The third-order valence-corrected chi connectivity index (χ3v) is 10.3. The molecule has 3 atom stereocenters. The highest BCUT2D eigenvalue weighted by Gasteiger charge is 2.28. The van der Waals surface area contributed by atoms with E-state index in [0.717, 1.165) is 38.5 Å². The van der Waals surface area contributed by atoms with Gasteiger partial charge >= 0.3 is 25.7 Å². The Bertz CT molecular complexity index is 906. The number of ether oxygens (including phenoxy) is 2. The second kappa shape index (κ2) is 36.5. The molecular formula is C40H78NO10P. The van der Waals surface area contributed by atoms with Crippen molar-refractivity contribution >= 4 is 25.7 Å². The third-order valence-electron chi connectivity index (χ3n) is 9.36. The molecular weight excluding hydrogens is 685 g/mol. The molecule has 0 saturated carbocycles. The van der Waals surface area contributed by atoms with Crippen LogP contribution < -0.4 is 5.73 Å². The third kappa shape index (κ3) is 35.5. The van der Waals surface area contributed by atoms with Crippen LogP contribution in [0.1, 0.15) is 206 Å². The van der Waals surface area contributed by atoms with Gasteiger partial charge in [0.1, 0.15) is 12.6 Å². The standard InChI is InChI=1S/C40H78NO10P/c1-3-5-7-9-11-13-15-16-17-18-19-20-22-23-25-27-29-31-38(42)48-33-36(34-49-52(46,47)50-35-37(41)40(44)45)51-39(43)32-30-28-26-24-21-14-12-10-8-6-4-2/h36-37H,3-35,41H2,1-2H3,(H,44,45)(H,46,47)/t36-,37+/m1/s1. The molecule has 0 spiro atoms. The second-order valence-corrected chi connectivity index (χ2v) is 15.9. The van der Waals surface area contributed by atoms with Crippen LogP contribution in [-0.2, 0) is 37.5 Å². The number of nitrogens with two attached hydrogens (primary N) is 1. The number of phosphoric acid groups is 1.